The Morgan fingerprint density at radius 1 is 1.14 bits per heavy atom. The summed E-state index contributed by atoms with van der Waals surface area (Å²) in [7, 11) is 4.04. The van der Waals surface area contributed by atoms with Crippen LogP contribution in [-0.4, -0.2) is 41.9 Å². The van der Waals surface area contributed by atoms with E-state index in [1.165, 1.54) is 0 Å². The Morgan fingerprint density at radius 3 is 2.64 bits per heavy atom. The normalized spacial score (nSPS) is 11.3. The number of halogens is 1. The number of aromatic nitrogens is 2. The fourth-order valence-electron chi connectivity index (χ4n) is 2.24. The minimum absolute atomic E-state index is 0.574. The molecule has 0 spiro atoms. The Balaban J connectivity index is 2.06. The van der Waals surface area contributed by atoms with E-state index >= 15 is 0 Å². The molecule has 0 unspecified atom stereocenters. The molecular weight excluding hydrogens is 298 g/mol. The number of fused-ring (bicyclic) bond motifs is 1. The molecule has 0 aliphatic carbocycles. The minimum atomic E-state index is 0.574. The lowest BCUT2D eigenvalue weighted by molar-refractivity contribution is 0.108. The summed E-state index contributed by atoms with van der Waals surface area (Å²) >= 11 is 6.13. The van der Waals surface area contributed by atoms with Crippen molar-refractivity contribution >= 4 is 22.6 Å². The standard InChI is InChI=1S/C17H18ClN3O/c1-20(2)10-11-22-21-16-12-14(18)8-9-15(16)19-17(21)13-6-4-3-5-7-13/h3-9,12H,10-11H2,1-2H3. The Morgan fingerprint density at radius 2 is 1.91 bits per heavy atom. The Labute approximate surface area is 134 Å². The van der Waals surface area contributed by atoms with E-state index in [1.54, 1.807) is 4.73 Å². The fourth-order valence-corrected chi connectivity index (χ4v) is 2.41. The van der Waals surface area contributed by atoms with Crippen molar-refractivity contribution in [3.63, 3.8) is 0 Å². The molecule has 0 N–H and O–H groups in total. The summed E-state index contributed by atoms with van der Waals surface area (Å²) in [4.78, 5) is 12.7. The first-order valence-electron chi connectivity index (χ1n) is 7.16. The molecule has 0 saturated carbocycles. The first-order valence-corrected chi connectivity index (χ1v) is 7.54. The second-order valence-electron chi connectivity index (χ2n) is 5.37. The van der Waals surface area contributed by atoms with Crippen LogP contribution in [0, 0.1) is 0 Å². The summed E-state index contributed by atoms with van der Waals surface area (Å²) in [6, 6.07) is 15.7. The second kappa shape index (κ2) is 6.38. The van der Waals surface area contributed by atoms with Crippen molar-refractivity contribution in [1.29, 1.82) is 0 Å². The van der Waals surface area contributed by atoms with Crippen LogP contribution >= 0.6 is 11.6 Å². The van der Waals surface area contributed by atoms with Gasteiger partial charge in [-0.15, -0.1) is 0 Å². The van der Waals surface area contributed by atoms with Gasteiger partial charge in [0.1, 0.15) is 12.1 Å². The first kappa shape index (κ1) is 14.9. The third-order valence-corrected chi connectivity index (χ3v) is 3.60. The highest BCUT2D eigenvalue weighted by Crippen LogP contribution is 2.25. The van der Waals surface area contributed by atoms with Gasteiger partial charge < -0.3 is 9.74 Å². The highest BCUT2D eigenvalue weighted by molar-refractivity contribution is 6.31. The van der Waals surface area contributed by atoms with Gasteiger partial charge in [0.05, 0.1) is 5.52 Å². The van der Waals surface area contributed by atoms with Crippen LogP contribution in [0.1, 0.15) is 0 Å². The maximum Gasteiger partial charge on any atom is 0.176 e. The van der Waals surface area contributed by atoms with Gasteiger partial charge in [-0.3, -0.25) is 0 Å². The van der Waals surface area contributed by atoms with Gasteiger partial charge in [-0.05, 0) is 32.3 Å². The summed E-state index contributed by atoms with van der Waals surface area (Å²) in [6.45, 7) is 1.40. The molecule has 1 aromatic heterocycles. The van der Waals surface area contributed by atoms with E-state index in [-0.39, 0.29) is 0 Å². The van der Waals surface area contributed by atoms with Crippen molar-refractivity contribution in [2.75, 3.05) is 27.2 Å². The van der Waals surface area contributed by atoms with Crippen molar-refractivity contribution in [3.8, 4) is 11.4 Å². The minimum Gasteiger partial charge on any atom is -0.410 e. The smallest absolute Gasteiger partial charge is 0.176 e. The molecule has 1 heterocycles. The van der Waals surface area contributed by atoms with Crippen molar-refractivity contribution in [2.45, 2.75) is 0 Å². The maximum atomic E-state index is 6.13. The average molecular weight is 316 g/mol. The maximum absolute atomic E-state index is 6.13. The van der Waals surface area contributed by atoms with E-state index in [0.717, 1.165) is 29.0 Å². The predicted octanol–water partition coefficient (Wildman–Crippen LogP) is 3.35. The van der Waals surface area contributed by atoms with Crippen LogP contribution in [-0.2, 0) is 0 Å². The van der Waals surface area contributed by atoms with Crippen LogP contribution in [0.25, 0.3) is 22.4 Å². The van der Waals surface area contributed by atoms with Crippen molar-refractivity contribution < 1.29 is 4.84 Å². The summed E-state index contributed by atoms with van der Waals surface area (Å²) in [6.07, 6.45) is 0. The van der Waals surface area contributed by atoms with Gasteiger partial charge in [0.15, 0.2) is 5.82 Å². The number of rotatable bonds is 5. The lowest BCUT2D eigenvalue weighted by atomic mass is 10.2. The molecule has 0 saturated heterocycles. The summed E-state index contributed by atoms with van der Waals surface area (Å²) in [5.74, 6) is 0.789. The number of imidazole rings is 1. The van der Waals surface area contributed by atoms with E-state index in [0.29, 0.717) is 11.6 Å². The quantitative estimate of drug-likeness (QED) is 0.723. The molecule has 0 atom stereocenters. The van der Waals surface area contributed by atoms with Crippen molar-refractivity contribution in [3.05, 3.63) is 53.6 Å². The Hall–Kier alpha value is -2.04. The van der Waals surface area contributed by atoms with Gasteiger partial charge in [0, 0.05) is 17.1 Å². The topological polar surface area (TPSA) is 30.3 Å². The van der Waals surface area contributed by atoms with E-state index < -0.39 is 0 Å². The van der Waals surface area contributed by atoms with Crippen LogP contribution in [0.4, 0.5) is 0 Å². The largest absolute Gasteiger partial charge is 0.410 e. The molecular formula is C17H18ClN3O. The summed E-state index contributed by atoms with van der Waals surface area (Å²) in [5.41, 5.74) is 2.76. The number of likely N-dealkylation sites (N-methyl/N-ethyl adjacent to an activating group) is 1. The molecule has 0 radical (unpaired) electrons. The summed E-state index contributed by atoms with van der Waals surface area (Å²) < 4.78 is 1.78. The second-order valence-corrected chi connectivity index (χ2v) is 5.80. The zero-order chi connectivity index (χ0) is 15.5. The highest BCUT2D eigenvalue weighted by atomic mass is 35.5. The average Bonchev–Trinajstić information content (AvgIpc) is 2.86. The van der Waals surface area contributed by atoms with Crippen LogP contribution < -0.4 is 4.84 Å². The first-order chi connectivity index (χ1) is 10.6. The van der Waals surface area contributed by atoms with Crippen LogP contribution in [0.15, 0.2) is 48.5 Å². The molecule has 0 fully saturated rings. The lowest BCUT2D eigenvalue weighted by Crippen LogP contribution is -2.24. The number of nitrogens with zero attached hydrogens (tertiary/aromatic N) is 3. The molecule has 3 rings (SSSR count). The van der Waals surface area contributed by atoms with Crippen molar-refractivity contribution in [2.24, 2.45) is 0 Å². The van der Waals surface area contributed by atoms with Gasteiger partial charge in [-0.25, -0.2) is 4.98 Å². The molecule has 0 aliphatic heterocycles. The molecule has 0 bridgehead atoms. The SMILES string of the molecule is CN(C)CCOn1c(-c2ccccc2)nc2ccc(Cl)cc21. The molecule has 0 amide bonds. The van der Waals surface area contributed by atoms with Gasteiger partial charge in [-0.2, -0.15) is 4.73 Å². The van der Waals surface area contributed by atoms with Crippen LogP contribution in [0.5, 0.6) is 0 Å². The highest BCUT2D eigenvalue weighted by Gasteiger charge is 2.14. The Bertz CT molecular complexity index is 768. The van der Waals surface area contributed by atoms with E-state index in [1.807, 2.05) is 62.6 Å². The zero-order valence-electron chi connectivity index (χ0n) is 12.7. The molecule has 114 valence electrons. The van der Waals surface area contributed by atoms with Gasteiger partial charge >= 0.3 is 0 Å². The van der Waals surface area contributed by atoms with E-state index in [2.05, 4.69) is 9.88 Å². The van der Waals surface area contributed by atoms with Crippen LogP contribution in [0.3, 0.4) is 0 Å². The third kappa shape index (κ3) is 3.08. The van der Waals surface area contributed by atoms with Gasteiger partial charge in [0.2, 0.25) is 0 Å². The molecule has 4 nitrogen and oxygen atoms in total. The Kier molecular flexibility index (Phi) is 4.32. The number of hydrogen-bond acceptors (Lipinski definition) is 3. The van der Waals surface area contributed by atoms with Gasteiger partial charge in [-0.1, -0.05) is 41.9 Å². The fraction of sp³-hybridized carbons (Fsp3) is 0.235. The van der Waals surface area contributed by atoms with Gasteiger partial charge in [0.25, 0.3) is 0 Å². The van der Waals surface area contributed by atoms with E-state index in [9.17, 15) is 0 Å². The third-order valence-electron chi connectivity index (χ3n) is 3.37. The van der Waals surface area contributed by atoms with E-state index in [4.69, 9.17) is 16.4 Å². The molecule has 3 aromatic rings. The molecule has 0 aliphatic rings. The predicted molar refractivity (Wildman–Crippen MR) is 90.2 cm³/mol. The number of benzene rings is 2. The lowest BCUT2D eigenvalue weighted by Gasteiger charge is -2.14. The van der Waals surface area contributed by atoms with Crippen LogP contribution in [0.2, 0.25) is 5.02 Å². The zero-order valence-corrected chi connectivity index (χ0v) is 13.4. The number of hydrogen-bond donors (Lipinski definition) is 0. The monoisotopic (exact) mass is 315 g/mol. The van der Waals surface area contributed by atoms with Crippen molar-refractivity contribution in [1.82, 2.24) is 14.6 Å². The molecule has 5 heteroatoms. The molecule has 22 heavy (non-hydrogen) atoms. The summed E-state index contributed by atoms with van der Waals surface area (Å²) in [5, 5.41) is 0.671. The molecule has 2 aromatic carbocycles.